The highest BCUT2D eigenvalue weighted by Gasteiger charge is 2.17. The molecule has 0 atom stereocenters. The van der Waals surface area contributed by atoms with Crippen LogP contribution in [0, 0.1) is 20.8 Å². The molecule has 0 aliphatic rings. The number of carbonyl (C=O) groups excluding carboxylic acids is 1. The fraction of sp³-hybridized carbons (Fsp3) is 0.235. The highest BCUT2D eigenvalue weighted by molar-refractivity contribution is 7.89. The minimum Gasteiger partial charge on any atom is -0.325 e. The maximum Gasteiger partial charge on any atom is 0.241 e. The zero-order valence-electron chi connectivity index (χ0n) is 13.4. The van der Waals surface area contributed by atoms with E-state index in [1.165, 1.54) is 6.07 Å². The number of aryl methyl sites for hydroxylation is 3. The van der Waals surface area contributed by atoms with Crippen LogP contribution in [-0.4, -0.2) is 20.9 Å². The molecule has 5 nitrogen and oxygen atoms in total. The second-order valence-electron chi connectivity index (χ2n) is 5.46. The molecule has 0 aliphatic heterocycles. The smallest absolute Gasteiger partial charge is 0.241 e. The van der Waals surface area contributed by atoms with Crippen molar-refractivity contribution in [2.45, 2.75) is 25.7 Å². The topological polar surface area (TPSA) is 75.3 Å². The largest absolute Gasteiger partial charge is 0.325 e. The first-order chi connectivity index (χ1) is 10.8. The summed E-state index contributed by atoms with van der Waals surface area (Å²) in [5.74, 6) is -0.407. The van der Waals surface area contributed by atoms with E-state index in [1.54, 1.807) is 25.1 Å². The normalized spacial score (nSPS) is 11.3. The van der Waals surface area contributed by atoms with Gasteiger partial charge in [-0.25, -0.2) is 13.1 Å². The number of amides is 1. The van der Waals surface area contributed by atoms with Gasteiger partial charge in [-0.2, -0.15) is 0 Å². The molecule has 0 saturated carbocycles. The molecule has 0 heterocycles. The first kappa shape index (κ1) is 17.2. The van der Waals surface area contributed by atoms with Gasteiger partial charge < -0.3 is 5.32 Å². The molecule has 23 heavy (non-hydrogen) atoms. The highest BCUT2D eigenvalue weighted by Crippen LogP contribution is 2.16. The lowest BCUT2D eigenvalue weighted by Crippen LogP contribution is -2.33. The minimum absolute atomic E-state index is 0.180. The van der Waals surface area contributed by atoms with Crippen molar-refractivity contribution >= 4 is 21.6 Å². The third-order valence-electron chi connectivity index (χ3n) is 3.47. The van der Waals surface area contributed by atoms with Crippen LogP contribution in [0.5, 0.6) is 0 Å². The summed E-state index contributed by atoms with van der Waals surface area (Å²) < 4.78 is 26.8. The molecule has 0 radical (unpaired) electrons. The van der Waals surface area contributed by atoms with E-state index in [9.17, 15) is 13.2 Å². The quantitative estimate of drug-likeness (QED) is 0.883. The molecule has 2 N–H and O–H groups in total. The lowest BCUT2D eigenvalue weighted by atomic mass is 10.1. The number of hydrogen-bond acceptors (Lipinski definition) is 3. The maximum atomic E-state index is 12.2. The highest BCUT2D eigenvalue weighted by atomic mass is 32.2. The fourth-order valence-corrected chi connectivity index (χ4v) is 3.39. The molecule has 0 unspecified atom stereocenters. The number of sulfonamides is 1. The van der Waals surface area contributed by atoms with Crippen LogP contribution in [0.2, 0.25) is 0 Å². The van der Waals surface area contributed by atoms with Gasteiger partial charge in [-0.15, -0.1) is 0 Å². The Balaban J connectivity index is 2.04. The Morgan fingerprint density at radius 2 is 1.70 bits per heavy atom. The van der Waals surface area contributed by atoms with Crippen molar-refractivity contribution in [3.05, 3.63) is 59.2 Å². The fourth-order valence-electron chi connectivity index (χ4n) is 2.16. The Bertz CT molecular complexity index is 829. The van der Waals surface area contributed by atoms with E-state index in [0.717, 1.165) is 11.1 Å². The number of carbonyl (C=O) groups is 1. The van der Waals surface area contributed by atoms with Crippen LogP contribution >= 0.6 is 0 Å². The predicted octanol–water partition coefficient (Wildman–Crippen LogP) is 2.53. The van der Waals surface area contributed by atoms with Crippen molar-refractivity contribution in [3.63, 3.8) is 0 Å². The van der Waals surface area contributed by atoms with Crippen molar-refractivity contribution in [2.24, 2.45) is 0 Å². The summed E-state index contributed by atoms with van der Waals surface area (Å²) in [6.45, 7) is 5.21. The van der Waals surface area contributed by atoms with Gasteiger partial charge in [-0.05, 0) is 49.6 Å². The number of nitrogens with one attached hydrogen (secondary N) is 2. The third-order valence-corrected chi connectivity index (χ3v) is 5.03. The van der Waals surface area contributed by atoms with Gasteiger partial charge in [0.15, 0.2) is 0 Å². The van der Waals surface area contributed by atoms with Crippen LogP contribution in [0.25, 0.3) is 0 Å². The SMILES string of the molecule is Cc1ccc(C)c(NC(=O)CNS(=O)(=O)c2ccccc2C)c1. The molecule has 2 rings (SSSR count). The molecule has 122 valence electrons. The molecule has 0 spiro atoms. The van der Waals surface area contributed by atoms with Gasteiger partial charge in [-0.1, -0.05) is 30.3 Å². The lowest BCUT2D eigenvalue weighted by molar-refractivity contribution is -0.115. The van der Waals surface area contributed by atoms with Crippen molar-refractivity contribution < 1.29 is 13.2 Å². The number of anilines is 1. The standard InChI is InChI=1S/C17H20N2O3S/c1-12-8-9-13(2)15(10-12)19-17(20)11-18-23(21,22)16-7-5-4-6-14(16)3/h4-10,18H,11H2,1-3H3,(H,19,20). The predicted molar refractivity (Wildman–Crippen MR) is 90.9 cm³/mol. The molecule has 2 aromatic carbocycles. The molecule has 0 bridgehead atoms. The molecule has 6 heteroatoms. The summed E-state index contributed by atoms with van der Waals surface area (Å²) >= 11 is 0. The van der Waals surface area contributed by atoms with Gasteiger partial charge in [0.2, 0.25) is 15.9 Å². The second kappa shape index (κ2) is 6.93. The zero-order chi connectivity index (χ0) is 17.0. The van der Waals surface area contributed by atoms with Crippen molar-refractivity contribution in [2.75, 3.05) is 11.9 Å². The Morgan fingerprint density at radius 3 is 2.39 bits per heavy atom. The van der Waals surface area contributed by atoms with E-state index in [-0.39, 0.29) is 11.4 Å². The van der Waals surface area contributed by atoms with Crippen molar-refractivity contribution in [1.82, 2.24) is 4.72 Å². The summed E-state index contributed by atoms with van der Waals surface area (Å²) in [5.41, 5.74) is 3.26. The summed E-state index contributed by atoms with van der Waals surface area (Å²) in [6.07, 6.45) is 0. The Morgan fingerprint density at radius 1 is 1.00 bits per heavy atom. The van der Waals surface area contributed by atoms with Crippen LogP contribution in [0.3, 0.4) is 0 Å². The Labute approximate surface area is 136 Å². The Hall–Kier alpha value is -2.18. The maximum absolute atomic E-state index is 12.2. The zero-order valence-corrected chi connectivity index (χ0v) is 14.2. The summed E-state index contributed by atoms with van der Waals surface area (Å²) in [6, 6.07) is 12.3. The molecule has 0 aromatic heterocycles. The molecular formula is C17H20N2O3S. The monoisotopic (exact) mass is 332 g/mol. The average Bonchev–Trinajstić information content (AvgIpc) is 2.49. The Kier molecular flexibility index (Phi) is 5.18. The van der Waals surface area contributed by atoms with Crippen LogP contribution in [0.1, 0.15) is 16.7 Å². The minimum atomic E-state index is -3.71. The van der Waals surface area contributed by atoms with Crippen LogP contribution in [-0.2, 0) is 14.8 Å². The molecule has 0 saturated heterocycles. The number of rotatable bonds is 5. The lowest BCUT2D eigenvalue weighted by Gasteiger charge is -2.11. The van der Waals surface area contributed by atoms with Gasteiger partial charge in [0, 0.05) is 5.69 Å². The summed E-state index contributed by atoms with van der Waals surface area (Å²) in [5, 5.41) is 2.72. The second-order valence-corrected chi connectivity index (χ2v) is 7.19. The van der Waals surface area contributed by atoms with Crippen LogP contribution in [0.15, 0.2) is 47.4 Å². The summed E-state index contributed by atoms with van der Waals surface area (Å²) in [7, 11) is -3.71. The van der Waals surface area contributed by atoms with Gasteiger partial charge >= 0.3 is 0 Å². The van der Waals surface area contributed by atoms with Gasteiger partial charge in [-0.3, -0.25) is 4.79 Å². The average molecular weight is 332 g/mol. The molecule has 2 aromatic rings. The first-order valence-electron chi connectivity index (χ1n) is 7.22. The van der Waals surface area contributed by atoms with Crippen molar-refractivity contribution in [3.8, 4) is 0 Å². The van der Waals surface area contributed by atoms with Crippen LogP contribution in [0.4, 0.5) is 5.69 Å². The summed E-state index contributed by atoms with van der Waals surface area (Å²) in [4.78, 5) is 12.2. The molecule has 0 fully saturated rings. The first-order valence-corrected chi connectivity index (χ1v) is 8.70. The number of hydrogen-bond donors (Lipinski definition) is 2. The van der Waals surface area contributed by atoms with E-state index in [1.807, 2.05) is 32.0 Å². The molecule has 1 amide bonds. The van der Waals surface area contributed by atoms with Gasteiger partial charge in [0.05, 0.1) is 11.4 Å². The molecule has 0 aliphatic carbocycles. The van der Waals surface area contributed by atoms with Crippen LogP contribution < -0.4 is 10.0 Å². The van der Waals surface area contributed by atoms with Gasteiger partial charge in [0.1, 0.15) is 0 Å². The van der Waals surface area contributed by atoms with E-state index in [0.29, 0.717) is 11.3 Å². The van der Waals surface area contributed by atoms with E-state index in [2.05, 4.69) is 10.0 Å². The number of benzene rings is 2. The van der Waals surface area contributed by atoms with Gasteiger partial charge in [0.25, 0.3) is 0 Å². The molecular weight excluding hydrogens is 312 g/mol. The third kappa shape index (κ3) is 4.40. The van der Waals surface area contributed by atoms with E-state index < -0.39 is 15.9 Å². The van der Waals surface area contributed by atoms with E-state index >= 15 is 0 Å². The van der Waals surface area contributed by atoms with E-state index in [4.69, 9.17) is 0 Å². The van der Waals surface area contributed by atoms with Crippen molar-refractivity contribution in [1.29, 1.82) is 0 Å².